The standard InChI is InChI=1S/C21H26N2O2/c1-17(24)25-21-10-8-19(9-11-21)23(16-18-6-4-3-5-7-18)20-12-14-22(2)15-13-20/h3-11,20H,12-16H2,1-2H3. The monoisotopic (exact) mass is 338 g/mol. The molecular weight excluding hydrogens is 312 g/mol. The van der Waals surface area contributed by atoms with Gasteiger partial charge in [-0.1, -0.05) is 30.3 Å². The molecule has 1 aliphatic rings. The van der Waals surface area contributed by atoms with E-state index in [1.165, 1.54) is 18.2 Å². The summed E-state index contributed by atoms with van der Waals surface area (Å²) in [6.07, 6.45) is 2.32. The third-order valence-electron chi connectivity index (χ3n) is 4.75. The Hall–Kier alpha value is -2.33. The van der Waals surface area contributed by atoms with Gasteiger partial charge in [0.1, 0.15) is 5.75 Å². The fourth-order valence-corrected chi connectivity index (χ4v) is 3.39. The SMILES string of the molecule is CC(=O)Oc1ccc(N(Cc2ccccc2)C2CCN(C)CC2)cc1. The first-order valence-corrected chi connectivity index (χ1v) is 8.89. The average molecular weight is 338 g/mol. The molecule has 4 nitrogen and oxygen atoms in total. The van der Waals surface area contributed by atoms with Crippen LogP contribution < -0.4 is 9.64 Å². The minimum atomic E-state index is -0.288. The van der Waals surface area contributed by atoms with Gasteiger partial charge in [0.25, 0.3) is 0 Å². The first-order chi connectivity index (χ1) is 12.1. The van der Waals surface area contributed by atoms with Crippen molar-refractivity contribution in [3.05, 3.63) is 60.2 Å². The lowest BCUT2D eigenvalue weighted by Gasteiger charge is -2.39. The molecule has 0 aromatic heterocycles. The predicted molar refractivity (Wildman–Crippen MR) is 101 cm³/mol. The number of carbonyl (C=O) groups is 1. The molecule has 0 unspecified atom stereocenters. The second-order valence-corrected chi connectivity index (χ2v) is 6.74. The molecule has 132 valence electrons. The second-order valence-electron chi connectivity index (χ2n) is 6.74. The van der Waals surface area contributed by atoms with E-state index in [0.717, 1.165) is 32.5 Å². The second kappa shape index (κ2) is 8.17. The van der Waals surface area contributed by atoms with Crippen molar-refractivity contribution in [1.82, 2.24) is 4.90 Å². The highest BCUT2D eigenvalue weighted by Gasteiger charge is 2.23. The maximum Gasteiger partial charge on any atom is 0.308 e. The molecule has 0 aliphatic carbocycles. The van der Waals surface area contributed by atoms with Gasteiger partial charge in [0, 0.05) is 25.2 Å². The van der Waals surface area contributed by atoms with Crippen LogP contribution in [0.5, 0.6) is 5.75 Å². The molecule has 3 rings (SSSR count). The number of piperidine rings is 1. The van der Waals surface area contributed by atoms with Crippen molar-refractivity contribution in [1.29, 1.82) is 0 Å². The lowest BCUT2D eigenvalue weighted by Crippen LogP contribution is -2.43. The number of hydrogen-bond donors (Lipinski definition) is 0. The summed E-state index contributed by atoms with van der Waals surface area (Å²) in [6, 6.07) is 19.0. The van der Waals surface area contributed by atoms with Crippen LogP contribution in [0.4, 0.5) is 5.69 Å². The molecule has 0 spiro atoms. The molecule has 0 bridgehead atoms. The number of benzene rings is 2. The van der Waals surface area contributed by atoms with E-state index < -0.39 is 0 Å². The van der Waals surface area contributed by atoms with Crippen molar-refractivity contribution >= 4 is 11.7 Å². The Kier molecular flexibility index (Phi) is 5.71. The molecule has 2 aromatic carbocycles. The topological polar surface area (TPSA) is 32.8 Å². The molecule has 1 fully saturated rings. The number of rotatable bonds is 5. The first-order valence-electron chi connectivity index (χ1n) is 8.89. The van der Waals surface area contributed by atoms with Gasteiger partial charge in [0.15, 0.2) is 0 Å². The number of ether oxygens (including phenoxy) is 1. The van der Waals surface area contributed by atoms with Crippen molar-refractivity contribution in [2.24, 2.45) is 0 Å². The average Bonchev–Trinajstić information content (AvgIpc) is 2.62. The molecule has 0 amide bonds. The summed E-state index contributed by atoms with van der Waals surface area (Å²) in [5.74, 6) is 0.309. The minimum absolute atomic E-state index is 0.288. The van der Waals surface area contributed by atoms with E-state index in [1.807, 2.05) is 12.1 Å². The van der Waals surface area contributed by atoms with Gasteiger partial charge in [0.2, 0.25) is 0 Å². The normalized spacial score (nSPS) is 15.8. The Labute approximate surface area is 150 Å². The van der Waals surface area contributed by atoms with Crippen LogP contribution in [0, 0.1) is 0 Å². The van der Waals surface area contributed by atoms with Gasteiger partial charge in [-0.15, -0.1) is 0 Å². The maximum atomic E-state index is 11.1. The van der Waals surface area contributed by atoms with Crippen LogP contribution in [0.25, 0.3) is 0 Å². The van der Waals surface area contributed by atoms with Crippen LogP contribution in [0.1, 0.15) is 25.3 Å². The van der Waals surface area contributed by atoms with Gasteiger partial charge in [-0.3, -0.25) is 4.79 Å². The van der Waals surface area contributed by atoms with Crippen LogP contribution >= 0.6 is 0 Å². The molecule has 0 saturated carbocycles. The summed E-state index contributed by atoms with van der Waals surface area (Å²) < 4.78 is 5.16. The molecular formula is C21H26N2O2. The van der Waals surface area contributed by atoms with Crippen LogP contribution in [0.3, 0.4) is 0 Å². The maximum absolute atomic E-state index is 11.1. The molecule has 1 aliphatic heterocycles. The number of anilines is 1. The summed E-state index contributed by atoms with van der Waals surface area (Å²) >= 11 is 0. The Bertz CT molecular complexity index is 677. The third-order valence-corrected chi connectivity index (χ3v) is 4.75. The van der Waals surface area contributed by atoms with E-state index in [9.17, 15) is 4.79 Å². The van der Waals surface area contributed by atoms with Crippen molar-refractivity contribution in [2.75, 3.05) is 25.0 Å². The highest BCUT2D eigenvalue weighted by Crippen LogP contribution is 2.27. The number of likely N-dealkylation sites (tertiary alicyclic amines) is 1. The zero-order valence-electron chi connectivity index (χ0n) is 15.0. The highest BCUT2D eigenvalue weighted by atomic mass is 16.5. The molecule has 0 radical (unpaired) electrons. The van der Waals surface area contributed by atoms with Gasteiger partial charge in [-0.25, -0.2) is 0 Å². The molecule has 2 aromatic rings. The van der Waals surface area contributed by atoms with Crippen molar-refractivity contribution < 1.29 is 9.53 Å². The minimum Gasteiger partial charge on any atom is -0.427 e. The van der Waals surface area contributed by atoms with E-state index >= 15 is 0 Å². The summed E-state index contributed by atoms with van der Waals surface area (Å²) in [7, 11) is 2.19. The van der Waals surface area contributed by atoms with Gasteiger partial charge in [-0.05, 0) is 62.8 Å². The van der Waals surface area contributed by atoms with E-state index in [4.69, 9.17) is 4.74 Å². The van der Waals surface area contributed by atoms with Gasteiger partial charge < -0.3 is 14.5 Å². The third kappa shape index (κ3) is 4.83. The summed E-state index contributed by atoms with van der Waals surface area (Å²) in [6.45, 7) is 4.57. The van der Waals surface area contributed by atoms with Crippen molar-refractivity contribution in [2.45, 2.75) is 32.4 Å². The number of hydrogen-bond acceptors (Lipinski definition) is 4. The van der Waals surface area contributed by atoms with Gasteiger partial charge >= 0.3 is 5.97 Å². The number of esters is 1. The molecule has 1 heterocycles. The fraction of sp³-hybridized carbons (Fsp3) is 0.381. The summed E-state index contributed by atoms with van der Waals surface area (Å²) in [4.78, 5) is 16.0. The van der Waals surface area contributed by atoms with Crippen LogP contribution in [-0.4, -0.2) is 37.0 Å². The highest BCUT2D eigenvalue weighted by molar-refractivity contribution is 5.69. The molecule has 25 heavy (non-hydrogen) atoms. The number of nitrogens with zero attached hydrogens (tertiary/aromatic N) is 2. The lowest BCUT2D eigenvalue weighted by atomic mass is 10.0. The van der Waals surface area contributed by atoms with Crippen LogP contribution in [0.15, 0.2) is 54.6 Å². The molecule has 1 saturated heterocycles. The largest absolute Gasteiger partial charge is 0.427 e. The van der Waals surface area contributed by atoms with Gasteiger partial charge in [0.05, 0.1) is 0 Å². The zero-order valence-corrected chi connectivity index (χ0v) is 15.0. The lowest BCUT2D eigenvalue weighted by molar-refractivity contribution is -0.131. The Morgan fingerprint density at radius 3 is 2.32 bits per heavy atom. The Balaban J connectivity index is 1.81. The quantitative estimate of drug-likeness (QED) is 0.614. The zero-order chi connectivity index (χ0) is 17.6. The predicted octanol–water partition coefficient (Wildman–Crippen LogP) is 3.71. The van der Waals surface area contributed by atoms with Crippen LogP contribution in [-0.2, 0) is 11.3 Å². The van der Waals surface area contributed by atoms with E-state index in [2.05, 4.69) is 59.3 Å². The summed E-state index contributed by atoms with van der Waals surface area (Å²) in [5.41, 5.74) is 2.49. The van der Waals surface area contributed by atoms with E-state index in [-0.39, 0.29) is 5.97 Å². The summed E-state index contributed by atoms with van der Waals surface area (Å²) in [5, 5.41) is 0. The molecule has 0 atom stereocenters. The van der Waals surface area contributed by atoms with Crippen molar-refractivity contribution in [3.63, 3.8) is 0 Å². The smallest absolute Gasteiger partial charge is 0.308 e. The first kappa shape index (κ1) is 17.5. The molecule has 0 N–H and O–H groups in total. The van der Waals surface area contributed by atoms with Crippen molar-refractivity contribution in [3.8, 4) is 5.75 Å². The Morgan fingerprint density at radius 2 is 1.72 bits per heavy atom. The number of carbonyl (C=O) groups excluding carboxylic acids is 1. The fourth-order valence-electron chi connectivity index (χ4n) is 3.39. The van der Waals surface area contributed by atoms with E-state index in [0.29, 0.717) is 11.8 Å². The van der Waals surface area contributed by atoms with Gasteiger partial charge in [-0.2, -0.15) is 0 Å². The van der Waals surface area contributed by atoms with Crippen LogP contribution in [0.2, 0.25) is 0 Å². The Morgan fingerprint density at radius 1 is 1.08 bits per heavy atom. The van der Waals surface area contributed by atoms with E-state index in [1.54, 1.807) is 0 Å². The molecule has 4 heteroatoms.